The summed E-state index contributed by atoms with van der Waals surface area (Å²) in [4.78, 5) is 4.85. The van der Waals surface area contributed by atoms with Gasteiger partial charge in [-0.15, -0.1) is 11.3 Å². The van der Waals surface area contributed by atoms with Crippen LogP contribution >= 0.6 is 11.3 Å². The summed E-state index contributed by atoms with van der Waals surface area (Å²) >= 11 is 1.88. The molecule has 0 N–H and O–H groups in total. The van der Waals surface area contributed by atoms with Crippen molar-refractivity contribution < 1.29 is 0 Å². The van der Waals surface area contributed by atoms with Gasteiger partial charge in [-0.25, -0.2) is 0 Å². The SMILES string of the molecule is c1ccc(-c2ccc(N(c3ccccc3)c3cc(N(c4ccccc4)c4ccc(-c5ccccc5)cc4)c4c(c3)sc3c(-c5ccc6c7ccccc7n(-c7ccccc7)c6c5)cccc34)cc2)cc1. The van der Waals surface area contributed by atoms with Crippen LogP contribution in [0.5, 0.6) is 0 Å². The standard InChI is InChI=1S/C66H45N3S/c1-6-19-46(20-7-1)48-33-38-54(39-34-48)67(51-23-10-3-11-24-51)56-44-63(68(52-25-12-4-13-26-52)55-40-35-49(36-41-55)47-21-8-2-9-22-47)65-60-31-18-30-57(66(60)70-64(65)45-56)50-37-42-59-58-29-16-17-32-61(58)69(62(59)43-50)53-27-14-5-15-28-53/h1-45H. The molecule has 0 aliphatic heterocycles. The molecule has 0 atom stereocenters. The molecule has 2 aromatic heterocycles. The third-order valence-electron chi connectivity index (χ3n) is 13.6. The van der Waals surface area contributed by atoms with E-state index in [0.717, 1.165) is 39.8 Å². The molecule has 0 saturated carbocycles. The van der Waals surface area contributed by atoms with Gasteiger partial charge in [0, 0.05) is 65.1 Å². The third kappa shape index (κ3) is 7.30. The molecule has 13 rings (SSSR count). The van der Waals surface area contributed by atoms with E-state index in [1.165, 1.54) is 75.4 Å². The second-order valence-corrected chi connectivity index (χ2v) is 18.8. The van der Waals surface area contributed by atoms with Crippen LogP contribution in [0.15, 0.2) is 273 Å². The largest absolute Gasteiger partial charge is 0.310 e. The summed E-state index contributed by atoms with van der Waals surface area (Å²) in [5, 5.41) is 4.94. The van der Waals surface area contributed by atoms with Crippen LogP contribution in [-0.2, 0) is 0 Å². The van der Waals surface area contributed by atoms with Gasteiger partial charge in [-0.2, -0.15) is 0 Å². The van der Waals surface area contributed by atoms with E-state index in [9.17, 15) is 0 Å². The van der Waals surface area contributed by atoms with E-state index in [0.29, 0.717) is 0 Å². The fourth-order valence-corrected chi connectivity index (χ4v) is 11.6. The highest BCUT2D eigenvalue weighted by Crippen LogP contribution is 2.51. The molecule has 0 amide bonds. The maximum atomic E-state index is 2.45. The molecule has 0 spiro atoms. The van der Waals surface area contributed by atoms with E-state index in [4.69, 9.17) is 0 Å². The molecule has 0 unspecified atom stereocenters. The number of thiophene rings is 1. The first-order chi connectivity index (χ1) is 34.7. The molecule has 4 heteroatoms. The number of fused-ring (bicyclic) bond motifs is 6. The Morgan fingerprint density at radius 1 is 0.300 bits per heavy atom. The predicted molar refractivity (Wildman–Crippen MR) is 299 cm³/mol. The van der Waals surface area contributed by atoms with Crippen LogP contribution in [0.3, 0.4) is 0 Å². The van der Waals surface area contributed by atoms with E-state index in [-0.39, 0.29) is 0 Å². The van der Waals surface area contributed by atoms with Gasteiger partial charge < -0.3 is 14.4 Å². The van der Waals surface area contributed by atoms with E-state index in [1.807, 2.05) is 11.3 Å². The topological polar surface area (TPSA) is 11.4 Å². The van der Waals surface area contributed by atoms with Crippen LogP contribution in [0.4, 0.5) is 34.1 Å². The summed E-state index contributed by atoms with van der Waals surface area (Å²) in [6.45, 7) is 0. The Labute approximate surface area is 411 Å². The molecule has 0 aliphatic rings. The predicted octanol–water partition coefficient (Wildman–Crippen LogP) is 19.1. The molecule has 13 aromatic rings. The average Bonchev–Trinajstić information content (AvgIpc) is 3.98. The van der Waals surface area contributed by atoms with Crippen molar-refractivity contribution >= 4 is 87.4 Å². The molecule has 0 aliphatic carbocycles. The summed E-state index contributed by atoms with van der Waals surface area (Å²) in [7, 11) is 0. The van der Waals surface area contributed by atoms with Crippen LogP contribution in [0.2, 0.25) is 0 Å². The number of rotatable bonds is 10. The Hall–Kier alpha value is -8.96. The van der Waals surface area contributed by atoms with Gasteiger partial charge >= 0.3 is 0 Å². The Morgan fingerprint density at radius 3 is 1.40 bits per heavy atom. The van der Waals surface area contributed by atoms with Crippen molar-refractivity contribution in [1.29, 1.82) is 0 Å². The molecular weight excluding hydrogens is 867 g/mol. The number of hydrogen-bond acceptors (Lipinski definition) is 3. The van der Waals surface area contributed by atoms with Gasteiger partial charge in [-0.05, 0) is 118 Å². The lowest BCUT2D eigenvalue weighted by molar-refractivity contribution is 1.18. The minimum absolute atomic E-state index is 1.07. The van der Waals surface area contributed by atoms with Gasteiger partial charge in [0.1, 0.15) is 0 Å². The highest BCUT2D eigenvalue weighted by molar-refractivity contribution is 7.26. The van der Waals surface area contributed by atoms with Gasteiger partial charge in [-0.1, -0.05) is 188 Å². The Morgan fingerprint density at radius 2 is 0.771 bits per heavy atom. The lowest BCUT2D eigenvalue weighted by atomic mass is 9.99. The summed E-state index contributed by atoms with van der Waals surface area (Å²) < 4.78 is 4.87. The van der Waals surface area contributed by atoms with Gasteiger partial charge in [0.15, 0.2) is 0 Å². The molecule has 0 bridgehead atoms. The summed E-state index contributed by atoms with van der Waals surface area (Å²) in [6, 6.07) is 99.1. The van der Waals surface area contributed by atoms with Crippen molar-refractivity contribution in [3.05, 3.63) is 273 Å². The molecule has 2 heterocycles. The zero-order valence-corrected chi connectivity index (χ0v) is 39.0. The van der Waals surface area contributed by atoms with Crippen molar-refractivity contribution in [2.75, 3.05) is 9.80 Å². The van der Waals surface area contributed by atoms with Crippen molar-refractivity contribution in [2.45, 2.75) is 0 Å². The highest BCUT2D eigenvalue weighted by atomic mass is 32.1. The lowest BCUT2D eigenvalue weighted by Crippen LogP contribution is -2.13. The van der Waals surface area contributed by atoms with Crippen molar-refractivity contribution in [3.63, 3.8) is 0 Å². The molecule has 0 radical (unpaired) electrons. The highest BCUT2D eigenvalue weighted by Gasteiger charge is 2.24. The number of hydrogen-bond donors (Lipinski definition) is 0. The minimum Gasteiger partial charge on any atom is -0.310 e. The normalized spacial score (nSPS) is 11.4. The van der Waals surface area contributed by atoms with E-state index in [2.05, 4.69) is 287 Å². The van der Waals surface area contributed by atoms with Gasteiger partial charge in [0.2, 0.25) is 0 Å². The van der Waals surface area contributed by atoms with Crippen LogP contribution in [-0.4, -0.2) is 4.57 Å². The smallest absolute Gasteiger partial charge is 0.0575 e. The lowest BCUT2D eigenvalue weighted by Gasteiger charge is -2.30. The molecular formula is C66H45N3S. The first-order valence-electron chi connectivity index (χ1n) is 23.8. The Balaban J connectivity index is 1.06. The Bertz CT molecular complexity index is 3960. The second kappa shape index (κ2) is 17.6. The zero-order chi connectivity index (χ0) is 46.4. The number of benzene rings is 11. The van der Waals surface area contributed by atoms with Crippen molar-refractivity contribution in [3.8, 4) is 39.1 Å². The van der Waals surface area contributed by atoms with E-state index in [1.54, 1.807) is 0 Å². The fraction of sp³-hybridized carbons (Fsp3) is 0. The third-order valence-corrected chi connectivity index (χ3v) is 14.7. The summed E-state index contributed by atoms with van der Waals surface area (Å²) in [5.41, 5.74) is 17.2. The number of aromatic nitrogens is 1. The van der Waals surface area contributed by atoms with Crippen LogP contribution < -0.4 is 9.80 Å². The maximum absolute atomic E-state index is 2.45. The van der Waals surface area contributed by atoms with E-state index >= 15 is 0 Å². The van der Waals surface area contributed by atoms with Crippen LogP contribution in [0, 0.1) is 0 Å². The van der Waals surface area contributed by atoms with Crippen molar-refractivity contribution in [1.82, 2.24) is 4.57 Å². The Kier molecular flexibility index (Phi) is 10.4. The number of para-hydroxylation sites is 4. The first-order valence-corrected chi connectivity index (χ1v) is 24.6. The number of anilines is 6. The summed E-state index contributed by atoms with van der Waals surface area (Å²) in [5.74, 6) is 0. The van der Waals surface area contributed by atoms with Gasteiger partial charge in [0.05, 0.1) is 16.7 Å². The average molecular weight is 912 g/mol. The molecule has 11 aromatic carbocycles. The van der Waals surface area contributed by atoms with Gasteiger partial charge in [-0.3, -0.25) is 0 Å². The molecule has 70 heavy (non-hydrogen) atoms. The second-order valence-electron chi connectivity index (χ2n) is 17.7. The fourth-order valence-electron chi connectivity index (χ4n) is 10.3. The quantitative estimate of drug-likeness (QED) is 0.135. The minimum atomic E-state index is 1.07. The first kappa shape index (κ1) is 41.2. The molecule has 330 valence electrons. The van der Waals surface area contributed by atoms with Crippen LogP contribution in [0.25, 0.3) is 81.0 Å². The monoisotopic (exact) mass is 911 g/mol. The molecule has 0 fully saturated rings. The van der Waals surface area contributed by atoms with Crippen LogP contribution in [0.1, 0.15) is 0 Å². The zero-order valence-electron chi connectivity index (χ0n) is 38.2. The summed E-state index contributed by atoms with van der Waals surface area (Å²) in [6.07, 6.45) is 0. The van der Waals surface area contributed by atoms with Gasteiger partial charge in [0.25, 0.3) is 0 Å². The van der Waals surface area contributed by atoms with E-state index < -0.39 is 0 Å². The molecule has 3 nitrogen and oxygen atoms in total. The number of nitrogens with zero attached hydrogens (tertiary/aromatic N) is 3. The molecule has 0 saturated heterocycles. The maximum Gasteiger partial charge on any atom is 0.0575 e. The van der Waals surface area contributed by atoms with Crippen molar-refractivity contribution in [2.24, 2.45) is 0 Å².